The maximum atomic E-state index is 6.47. The van der Waals surface area contributed by atoms with E-state index < -0.39 is 17.1 Å². The molecule has 3 nitrogen and oxygen atoms in total. The van der Waals surface area contributed by atoms with Crippen molar-refractivity contribution in [3.8, 4) is 0 Å². The standard InChI is InChI=1S/C20H42O3Si2/c1-8-13-14-15-16-19-21-24(6,11-4)23-25(7,12-5)22-20(17-9-2)18-10-3/h11-12,20H,4-5,8-10,13-19H2,1-3,6-7H3. The molecule has 0 amide bonds. The maximum Gasteiger partial charge on any atom is 0.352 e. The Balaban J connectivity index is 4.66. The summed E-state index contributed by atoms with van der Waals surface area (Å²) < 4.78 is 19.1. The zero-order valence-electron chi connectivity index (χ0n) is 17.4. The van der Waals surface area contributed by atoms with Gasteiger partial charge in [-0.15, -0.1) is 13.2 Å². The Morgan fingerprint density at radius 3 is 1.84 bits per heavy atom. The second-order valence-electron chi connectivity index (χ2n) is 7.12. The SMILES string of the molecule is C=C[Si](C)(OCCCCCCC)O[Si](C)(C=C)OC(CCC)CCC. The van der Waals surface area contributed by atoms with E-state index in [1.54, 1.807) is 0 Å². The van der Waals surface area contributed by atoms with Gasteiger partial charge in [0.1, 0.15) is 0 Å². The van der Waals surface area contributed by atoms with Crippen molar-refractivity contribution in [2.75, 3.05) is 6.61 Å². The van der Waals surface area contributed by atoms with Crippen LogP contribution in [0.4, 0.5) is 0 Å². The normalized spacial score (nSPS) is 16.4. The van der Waals surface area contributed by atoms with Gasteiger partial charge >= 0.3 is 17.1 Å². The third-order valence-electron chi connectivity index (χ3n) is 4.41. The largest absolute Gasteiger partial charge is 0.409 e. The lowest BCUT2D eigenvalue weighted by Crippen LogP contribution is -2.51. The van der Waals surface area contributed by atoms with Crippen LogP contribution in [0.2, 0.25) is 13.1 Å². The Labute approximate surface area is 159 Å². The molecule has 0 aliphatic rings. The second kappa shape index (κ2) is 13.9. The molecular formula is C20H42O3Si2. The van der Waals surface area contributed by atoms with Crippen LogP contribution in [0.15, 0.2) is 24.6 Å². The molecule has 0 N–H and O–H groups in total. The summed E-state index contributed by atoms with van der Waals surface area (Å²) in [6.45, 7) is 19.5. The van der Waals surface area contributed by atoms with Crippen LogP contribution in [0, 0.1) is 0 Å². The molecule has 0 aromatic heterocycles. The lowest BCUT2D eigenvalue weighted by atomic mass is 10.1. The fourth-order valence-electron chi connectivity index (χ4n) is 2.86. The van der Waals surface area contributed by atoms with Gasteiger partial charge in [0.05, 0.1) is 0 Å². The van der Waals surface area contributed by atoms with E-state index in [4.69, 9.17) is 13.0 Å². The van der Waals surface area contributed by atoms with Crippen molar-refractivity contribution >= 4 is 17.1 Å². The van der Waals surface area contributed by atoms with E-state index in [0.717, 1.165) is 38.7 Å². The van der Waals surface area contributed by atoms with E-state index >= 15 is 0 Å². The van der Waals surface area contributed by atoms with Crippen LogP contribution in [0.25, 0.3) is 0 Å². The Morgan fingerprint density at radius 1 is 0.800 bits per heavy atom. The monoisotopic (exact) mass is 386 g/mol. The van der Waals surface area contributed by atoms with Gasteiger partial charge in [0.2, 0.25) is 0 Å². The van der Waals surface area contributed by atoms with Crippen LogP contribution >= 0.6 is 0 Å². The smallest absolute Gasteiger partial charge is 0.352 e. The highest BCUT2D eigenvalue weighted by Gasteiger charge is 2.41. The molecule has 148 valence electrons. The minimum Gasteiger partial charge on any atom is -0.409 e. The number of unbranched alkanes of at least 4 members (excludes halogenated alkanes) is 4. The summed E-state index contributed by atoms with van der Waals surface area (Å²) >= 11 is 0. The van der Waals surface area contributed by atoms with E-state index in [1.165, 1.54) is 25.7 Å². The summed E-state index contributed by atoms with van der Waals surface area (Å²) in [6, 6.07) is 0. The first-order valence-corrected chi connectivity index (χ1v) is 15.0. The zero-order valence-corrected chi connectivity index (χ0v) is 19.4. The van der Waals surface area contributed by atoms with Crippen LogP contribution in [0.1, 0.15) is 78.6 Å². The first kappa shape index (κ1) is 24.8. The molecule has 0 aromatic carbocycles. The first-order valence-electron chi connectivity index (χ1n) is 10.2. The molecule has 0 saturated heterocycles. The van der Waals surface area contributed by atoms with Crippen LogP contribution in [-0.4, -0.2) is 29.8 Å². The van der Waals surface area contributed by atoms with E-state index in [1.807, 2.05) is 11.4 Å². The molecule has 0 heterocycles. The van der Waals surface area contributed by atoms with Gasteiger partial charge in [-0.25, -0.2) is 0 Å². The molecule has 0 aliphatic heterocycles. The maximum absolute atomic E-state index is 6.47. The van der Waals surface area contributed by atoms with Gasteiger partial charge in [0.15, 0.2) is 0 Å². The molecule has 25 heavy (non-hydrogen) atoms. The van der Waals surface area contributed by atoms with Crippen molar-refractivity contribution in [1.29, 1.82) is 0 Å². The molecule has 0 saturated carbocycles. The third kappa shape index (κ3) is 11.2. The molecule has 0 radical (unpaired) electrons. The van der Waals surface area contributed by atoms with E-state index in [2.05, 4.69) is 47.0 Å². The zero-order chi connectivity index (χ0) is 19.2. The molecule has 0 aliphatic carbocycles. The van der Waals surface area contributed by atoms with E-state index in [0.29, 0.717) is 0 Å². The van der Waals surface area contributed by atoms with Crippen molar-refractivity contribution in [3.63, 3.8) is 0 Å². The molecule has 0 aromatic rings. The Kier molecular flexibility index (Phi) is 13.8. The number of hydrogen-bond acceptors (Lipinski definition) is 3. The van der Waals surface area contributed by atoms with Gasteiger partial charge in [0, 0.05) is 12.7 Å². The van der Waals surface area contributed by atoms with E-state index in [9.17, 15) is 0 Å². The molecule has 0 rings (SSSR count). The van der Waals surface area contributed by atoms with Crippen molar-refractivity contribution in [2.24, 2.45) is 0 Å². The summed E-state index contributed by atoms with van der Waals surface area (Å²) in [5.41, 5.74) is 3.77. The minimum atomic E-state index is -2.47. The van der Waals surface area contributed by atoms with Gasteiger partial charge in [-0.2, -0.15) is 0 Å². The minimum absolute atomic E-state index is 0.252. The number of hydrogen-bond donors (Lipinski definition) is 0. The topological polar surface area (TPSA) is 27.7 Å². The van der Waals surface area contributed by atoms with Crippen LogP contribution in [0.5, 0.6) is 0 Å². The van der Waals surface area contributed by atoms with Crippen molar-refractivity contribution < 1.29 is 13.0 Å². The van der Waals surface area contributed by atoms with Crippen molar-refractivity contribution in [3.05, 3.63) is 24.6 Å². The Hall–Kier alpha value is -0.206. The lowest BCUT2D eigenvalue weighted by molar-refractivity contribution is 0.128. The predicted molar refractivity (Wildman–Crippen MR) is 114 cm³/mol. The van der Waals surface area contributed by atoms with E-state index in [-0.39, 0.29) is 6.10 Å². The molecule has 2 atom stereocenters. The molecule has 0 bridgehead atoms. The number of rotatable bonds is 17. The molecule has 2 unspecified atom stereocenters. The summed E-state index contributed by atoms with van der Waals surface area (Å²) in [6.07, 6.45) is 10.8. The highest BCUT2D eigenvalue weighted by Crippen LogP contribution is 2.23. The van der Waals surface area contributed by atoms with Crippen LogP contribution < -0.4 is 0 Å². The fraction of sp³-hybridized carbons (Fsp3) is 0.800. The van der Waals surface area contributed by atoms with Gasteiger partial charge in [-0.1, -0.05) is 70.7 Å². The van der Waals surface area contributed by atoms with Gasteiger partial charge < -0.3 is 13.0 Å². The summed E-state index contributed by atoms with van der Waals surface area (Å²) in [4.78, 5) is 0. The van der Waals surface area contributed by atoms with Gasteiger partial charge in [-0.05, 0) is 32.4 Å². The lowest BCUT2D eigenvalue weighted by Gasteiger charge is -2.36. The molecule has 0 fully saturated rings. The van der Waals surface area contributed by atoms with Gasteiger partial charge in [-0.3, -0.25) is 0 Å². The third-order valence-corrected chi connectivity index (χ3v) is 10.7. The van der Waals surface area contributed by atoms with Crippen molar-refractivity contribution in [1.82, 2.24) is 0 Å². The first-order chi connectivity index (χ1) is 11.9. The Morgan fingerprint density at radius 2 is 1.36 bits per heavy atom. The highest BCUT2D eigenvalue weighted by molar-refractivity contribution is 6.84. The van der Waals surface area contributed by atoms with Crippen LogP contribution in [0.3, 0.4) is 0 Å². The van der Waals surface area contributed by atoms with Gasteiger partial charge in [0.25, 0.3) is 0 Å². The molecule has 5 heteroatoms. The molecular weight excluding hydrogens is 344 g/mol. The summed E-state index contributed by atoms with van der Waals surface area (Å²) in [7, 11) is -4.90. The van der Waals surface area contributed by atoms with Crippen LogP contribution in [-0.2, 0) is 13.0 Å². The average Bonchev–Trinajstić information content (AvgIpc) is 2.58. The molecule has 0 spiro atoms. The second-order valence-corrected chi connectivity index (χ2v) is 13.3. The predicted octanol–water partition coefficient (Wildman–Crippen LogP) is 6.57. The highest BCUT2D eigenvalue weighted by atomic mass is 28.5. The quantitative estimate of drug-likeness (QED) is 0.209. The van der Waals surface area contributed by atoms with Crippen molar-refractivity contribution in [2.45, 2.75) is 97.8 Å². The Bertz CT molecular complexity index is 359. The average molecular weight is 387 g/mol. The summed E-state index contributed by atoms with van der Waals surface area (Å²) in [5, 5.41) is 0. The fourth-order valence-corrected chi connectivity index (χ4v) is 8.84. The summed E-state index contributed by atoms with van der Waals surface area (Å²) in [5.74, 6) is 0.